The fourth-order valence-corrected chi connectivity index (χ4v) is 3.17. The molecule has 0 bridgehead atoms. The van der Waals surface area contributed by atoms with Crippen LogP contribution < -0.4 is 0 Å². The number of benzene rings is 1. The van der Waals surface area contributed by atoms with Gasteiger partial charge in [-0.2, -0.15) is 0 Å². The molecular weight excluding hydrogens is 445 g/mol. The lowest BCUT2D eigenvalue weighted by Gasteiger charge is -2.27. The van der Waals surface area contributed by atoms with E-state index < -0.39 is 5.97 Å². The fraction of sp³-hybridized carbons (Fsp3) is 0.320. The first-order valence-electron chi connectivity index (χ1n) is 10.0. The highest BCUT2D eigenvalue weighted by molar-refractivity contribution is 9.11. The average molecular weight is 476 g/mol. The highest BCUT2D eigenvalue weighted by Crippen LogP contribution is 2.26. The highest BCUT2D eigenvalue weighted by atomic mass is 79.9. The number of hydrogen-bond acceptors (Lipinski definition) is 3. The number of unbranched alkanes of at least 4 members (excludes halogenated alkanes) is 1. The summed E-state index contributed by atoms with van der Waals surface area (Å²) < 4.78 is 19.0. The van der Waals surface area contributed by atoms with E-state index in [0.717, 1.165) is 34.3 Å². The molecule has 0 heterocycles. The van der Waals surface area contributed by atoms with Gasteiger partial charge >= 0.3 is 5.97 Å². The number of allylic oxidation sites excluding steroid dienone is 4. The molecule has 0 aliphatic rings. The van der Waals surface area contributed by atoms with Gasteiger partial charge in [-0.3, -0.25) is 0 Å². The van der Waals surface area contributed by atoms with Gasteiger partial charge in [-0.05, 0) is 72.0 Å². The number of rotatable bonds is 11. The van der Waals surface area contributed by atoms with E-state index in [0.29, 0.717) is 18.5 Å². The summed E-state index contributed by atoms with van der Waals surface area (Å²) in [6.45, 7) is 10.8. The normalized spacial score (nSPS) is 12.9. The second-order valence-corrected chi connectivity index (χ2v) is 7.44. The van der Waals surface area contributed by atoms with E-state index in [-0.39, 0.29) is 5.82 Å². The van der Waals surface area contributed by atoms with Gasteiger partial charge < -0.3 is 9.64 Å². The first kappa shape index (κ1) is 25.6. The molecule has 0 saturated heterocycles. The smallest absolute Gasteiger partial charge is 0.337 e. The van der Waals surface area contributed by atoms with Gasteiger partial charge in [-0.25, -0.2) is 9.18 Å². The van der Waals surface area contributed by atoms with E-state index in [4.69, 9.17) is 4.74 Å². The monoisotopic (exact) mass is 475 g/mol. The summed E-state index contributed by atoms with van der Waals surface area (Å²) in [5.74, 6) is -0.643. The minimum Gasteiger partial charge on any atom is -0.465 e. The van der Waals surface area contributed by atoms with Crippen LogP contribution in [0.25, 0.3) is 0 Å². The lowest BCUT2D eigenvalue weighted by molar-refractivity contribution is -0.135. The molecule has 0 aliphatic heterocycles. The van der Waals surface area contributed by atoms with E-state index in [1.165, 1.54) is 19.2 Å². The lowest BCUT2D eigenvalue weighted by Crippen LogP contribution is -2.23. The second kappa shape index (κ2) is 13.8. The minimum absolute atomic E-state index is 0.246. The summed E-state index contributed by atoms with van der Waals surface area (Å²) in [4.78, 5) is 14.2. The predicted octanol–water partition coefficient (Wildman–Crippen LogP) is 6.84. The molecule has 0 fully saturated rings. The van der Waals surface area contributed by atoms with Crippen LogP contribution in [0.3, 0.4) is 0 Å². The van der Waals surface area contributed by atoms with Gasteiger partial charge in [0, 0.05) is 12.2 Å². The Kier molecular flexibility index (Phi) is 11.8. The van der Waals surface area contributed by atoms with Crippen molar-refractivity contribution in [3.8, 4) is 0 Å². The van der Waals surface area contributed by atoms with Crippen LogP contribution in [0, 0.1) is 5.82 Å². The molecule has 0 amide bonds. The molecule has 30 heavy (non-hydrogen) atoms. The van der Waals surface area contributed by atoms with Gasteiger partial charge in [0.25, 0.3) is 0 Å². The first-order valence-corrected chi connectivity index (χ1v) is 10.8. The Balaban J connectivity index is 3.24. The lowest BCUT2D eigenvalue weighted by atomic mass is 10.0. The van der Waals surface area contributed by atoms with Crippen molar-refractivity contribution in [1.82, 2.24) is 4.90 Å². The van der Waals surface area contributed by atoms with Crippen molar-refractivity contribution in [2.45, 2.75) is 40.0 Å². The molecule has 1 rings (SSSR count). The largest absolute Gasteiger partial charge is 0.465 e. The zero-order valence-corrected chi connectivity index (χ0v) is 19.8. The topological polar surface area (TPSA) is 29.5 Å². The Morgan fingerprint density at radius 3 is 2.43 bits per heavy atom. The Bertz CT molecular complexity index is 835. The molecule has 162 valence electrons. The summed E-state index contributed by atoms with van der Waals surface area (Å²) in [6.07, 6.45) is 11.9. The Morgan fingerprint density at radius 1 is 1.23 bits per heavy atom. The maximum atomic E-state index is 13.2. The third kappa shape index (κ3) is 8.15. The molecule has 0 spiro atoms. The standard InChI is InChI=1S/C25H31BrFNO2/c1-6-9-11-21(18-22(10-7-2)25(29)30-5)19(4)28(24(26)8-3)17-16-20-12-14-23(27)15-13-20/h7-8,10-15,18H,4,6,9,16-17H2,1-3,5H3/b10-7-,21-11-,22-18+,24-8-. The second-order valence-electron chi connectivity index (χ2n) is 6.63. The number of carbonyl (C=O) groups excluding carboxylic acids is 1. The van der Waals surface area contributed by atoms with Crippen LogP contribution >= 0.6 is 15.9 Å². The quantitative estimate of drug-likeness (QED) is 0.152. The van der Waals surface area contributed by atoms with E-state index in [9.17, 15) is 9.18 Å². The summed E-state index contributed by atoms with van der Waals surface area (Å²) >= 11 is 3.62. The third-order valence-corrected chi connectivity index (χ3v) is 5.31. The summed E-state index contributed by atoms with van der Waals surface area (Å²) in [7, 11) is 1.37. The Hall–Kier alpha value is -2.40. The van der Waals surface area contributed by atoms with Gasteiger partial charge in [0.2, 0.25) is 0 Å². The Labute approximate surface area is 188 Å². The molecule has 0 atom stereocenters. The maximum Gasteiger partial charge on any atom is 0.337 e. The van der Waals surface area contributed by atoms with Crippen LogP contribution in [0.5, 0.6) is 0 Å². The third-order valence-electron chi connectivity index (χ3n) is 4.42. The van der Waals surface area contributed by atoms with Crippen LogP contribution in [0.1, 0.15) is 39.2 Å². The van der Waals surface area contributed by atoms with Crippen molar-refractivity contribution < 1.29 is 13.9 Å². The van der Waals surface area contributed by atoms with Crippen molar-refractivity contribution in [2.24, 2.45) is 0 Å². The van der Waals surface area contributed by atoms with Crippen molar-refractivity contribution in [3.63, 3.8) is 0 Å². The number of methoxy groups -OCH3 is 1. The molecule has 0 unspecified atom stereocenters. The van der Waals surface area contributed by atoms with Gasteiger partial charge in [0.1, 0.15) is 5.82 Å². The van der Waals surface area contributed by atoms with E-state index in [1.54, 1.807) is 24.3 Å². The van der Waals surface area contributed by atoms with E-state index >= 15 is 0 Å². The summed E-state index contributed by atoms with van der Waals surface area (Å²) in [5.41, 5.74) is 3.11. The molecule has 0 saturated carbocycles. The molecule has 0 N–H and O–H groups in total. The number of nitrogens with zero attached hydrogens (tertiary/aromatic N) is 1. The van der Waals surface area contributed by atoms with Crippen LogP contribution in [-0.2, 0) is 16.0 Å². The predicted molar refractivity (Wildman–Crippen MR) is 127 cm³/mol. The van der Waals surface area contributed by atoms with Crippen LogP contribution in [0.15, 0.2) is 82.7 Å². The van der Waals surface area contributed by atoms with Crippen molar-refractivity contribution in [3.05, 3.63) is 94.1 Å². The van der Waals surface area contributed by atoms with Gasteiger partial charge in [-0.1, -0.05) is 56.4 Å². The molecule has 0 aliphatic carbocycles. The van der Waals surface area contributed by atoms with Crippen LogP contribution in [0.4, 0.5) is 4.39 Å². The average Bonchev–Trinajstić information content (AvgIpc) is 2.76. The van der Waals surface area contributed by atoms with Crippen molar-refractivity contribution in [1.29, 1.82) is 0 Å². The number of hydrogen-bond donors (Lipinski definition) is 0. The number of halogens is 2. The molecule has 3 nitrogen and oxygen atoms in total. The molecular formula is C25H31BrFNO2. The summed E-state index contributed by atoms with van der Waals surface area (Å²) in [5, 5.41) is 0. The molecule has 0 radical (unpaired) electrons. The number of esters is 1. The minimum atomic E-state index is -0.397. The molecule has 5 heteroatoms. The van der Waals surface area contributed by atoms with E-state index in [2.05, 4.69) is 35.5 Å². The van der Waals surface area contributed by atoms with E-state index in [1.807, 2.05) is 30.9 Å². The first-order chi connectivity index (χ1) is 14.4. The fourth-order valence-electron chi connectivity index (χ4n) is 2.77. The molecule has 0 aromatic heterocycles. The van der Waals surface area contributed by atoms with Gasteiger partial charge in [0.15, 0.2) is 0 Å². The van der Waals surface area contributed by atoms with Crippen molar-refractivity contribution in [2.75, 3.05) is 13.7 Å². The SMILES string of the molecule is C=C(C(=C\CCC)/C=C(\C=C/C)C(=O)OC)N(CCc1ccc(F)cc1)/C(Br)=C\C. The zero-order valence-electron chi connectivity index (χ0n) is 18.3. The van der Waals surface area contributed by atoms with Crippen LogP contribution in [-0.4, -0.2) is 24.5 Å². The zero-order chi connectivity index (χ0) is 22.5. The maximum absolute atomic E-state index is 13.2. The Morgan fingerprint density at radius 2 is 1.90 bits per heavy atom. The summed E-state index contributed by atoms with van der Waals surface area (Å²) in [6, 6.07) is 6.51. The van der Waals surface area contributed by atoms with Crippen molar-refractivity contribution >= 4 is 21.9 Å². The highest BCUT2D eigenvalue weighted by Gasteiger charge is 2.16. The number of ether oxygens (including phenoxy) is 1. The number of carbonyl (C=O) groups is 1. The van der Waals surface area contributed by atoms with Gasteiger partial charge in [0.05, 0.1) is 17.3 Å². The molecule has 1 aromatic carbocycles. The van der Waals surface area contributed by atoms with Crippen LogP contribution in [0.2, 0.25) is 0 Å². The molecule has 1 aromatic rings. The van der Waals surface area contributed by atoms with Gasteiger partial charge in [-0.15, -0.1) is 0 Å².